The maximum Gasteiger partial charge on any atom is 0.232 e. The first-order valence-corrected chi connectivity index (χ1v) is 9.22. The average molecular weight is 346 g/mol. The quantitative estimate of drug-likeness (QED) is 0.559. The van der Waals surface area contributed by atoms with Crippen molar-refractivity contribution in [3.8, 4) is 0 Å². The molecule has 0 amide bonds. The molecule has 4 heteroatoms. The summed E-state index contributed by atoms with van der Waals surface area (Å²) in [6.07, 6.45) is 2.29. The fourth-order valence-corrected chi connectivity index (χ4v) is 2.81. The lowest BCUT2D eigenvalue weighted by Crippen LogP contribution is -2.20. The molecule has 4 nitrogen and oxygen atoms in total. The highest BCUT2D eigenvalue weighted by Crippen LogP contribution is 2.26. The third-order valence-corrected chi connectivity index (χ3v) is 4.17. The summed E-state index contributed by atoms with van der Waals surface area (Å²) in [4.78, 5) is 11.7. The second-order valence-corrected chi connectivity index (χ2v) is 6.38. The van der Waals surface area contributed by atoms with Crippen LogP contribution in [0, 0.1) is 6.92 Å². The number of nitrogens with one attached hydrogen (secondary N) is 1. The van der Waals surface area contributed by atoms with Crippen molar-refractivity contribution in [2.24, 2.45) is 0 Å². The molecule has 1 aromatic heterocycles. The predicted molar refractivity (Wildman–Crippen MR) is 109 cm³/mol. The third kappa shape index (κ3) is 4.82. The molecule has 0 spiro atoms. The molecular formula is C22H26N4. The van der Waals surface area contributed by atoms with Crippen LogP contribution in [0.2, 0.25) is 0 Å². The number of nitrogens with zero attached hydrogens (tertiary/aromatic N) is 3. The van der Waals surface area contributed by atoms with E-state index in [9.17, 15) is 0 Å². The lowest BCUT2D eigenvalue weighted by Gasteiger charge is -2.24. The SMILES string of the molecule is CCCCNc1cc(C)nc(N(Cc2ccccc2)c2ccccc2)n1. The first kappa shape index (κ1) is 17.9. The van der Waals surface area contributed by atoms with Crippen LogP contribution >= 0.6 is 0 Å². The summed E-state index contributed by atoms with van der Waals surface area (Å²) in [7, 11) is 0. The van der Waals surface area contributed by atoms with Crippen LogP contribution in [-0.4, -0.2) is 16.5 Å². The van der Waals surface area contributed by atoms with Crippen molar-refractivity contribution < 1.29 is 0 Å². The van der Waals surface area contributed by atoms with Gasteiger partial charge in [-0.15, -0.1) is 0 Å². The number of anilines is 3. The largest absolute Gasteiger partial charge is 0.370 e. The topological polar surface area (TPSA) is 41.1 Å². The Kier molecular flexibility index (Phi) is 6.20. The minimum atomic E-state index is 0.721. The summed E-state index contributed by atoms with van der Waals surface area (Å²) in [6, 6.07) is 22.7. The first-order valence-electron chi connectivity index (χ1n) is 9.22. The molecule has 0 saturated carbocycles. The average Bonchev–Trinajstić information content (AvgIpc) is 2.67. The van der Waals surface area contributed by atoms with E-state index in [1.165, 1.54) is 5.56 Å². The predicted octanol–water partition coefficient (Wildman–Crippen LogP) is 5.34. The van der Waals surface area contributed by atoms with Crippen molar-refractivity contribution in [2.45, 2.75) is 33.2 Å². The van der Waals surface area contributed by atoms with E-state index >= 15 is 0 Å². The lowest BCUT2D eigenvalue weighted by atomic mass is 10.2. The molecule has 3 aromatic rings. The molecule has 2 aromatic carbocycles. The second kappa shape index (κ2) is 8.99. The van der Waals surface area contributed by atoms with Crippen molar-refractivity contribution in [2.75, 3.05) is 16.8 Å². The highest BCUT2D eigenvalue weighted by molar-refractivity contribution is 5.59. The van der Waals surface area contributed by atoms with Gasteiger partial charge in [0.1, 0.15) is 5.82 Å². The van der Waals surface area contributed by atoms with Crippen LogP contribution in [0.15, 0.2) is 66.7 Å². The third-order valence-electron chi connectivity index (χ3n) is 4.17. The van der Waals surface area contributed by atoms with Crippen LogP contribution in [0.25, 0.3) is 0 Å². The van der Waals surface area contributed by atoms with Gasteiger partial charge in [-0.05, 0) is 31.0 Å². The van der Waals surface area contributed by atoms with Crippen molar-refractivity contribution >= 4 is 17.5 Å². The smallest absolute Gasteiger partial charge is 0.232 e. The molecule has 3 rings (SSSR count). The Labute approximate surface area is 155 Å². The minimum Gasteiger partial charge on any atom is -0.370 e. The van der Waals surface area contributed by atoms with Crippen LogP contribution in [0.5, 0.6) is 0 Å². The molecular weight excluding hydrogens is 320 g/mol. The molecule has 1 N–H and O–H groups in total. The van der Waals surface area contributed by atoms with Gasteiger partial charge in [-0.2, -0.15) is 4.98 Å². The lowest BCUT2D eigenvalue weighted by molar-refractivity contribution is 0.827. The molecule has 0 radical (unpaired) electrons. The van der Waals surface area contributed by atoms with Crippen molar-refractivity contribution in [3.63, 3.8) is 0 Å². The maximum absolute atomic E-state index is 4.78. The summed E-state index contributed by atoms with van der Waals surface area (Å²) < 4.78 is 0. The number of aryl methyl sites for hydroxylation is 1. The van der Waals surface area contributed by atoms with Gasteiger partial charge in [0.15, 0.2) is 0 Å². The van der Waals surface area contributed by atoms with Gasteiger partial charge in [0.25, 0.3) is 0 Å². The summed E-state index contributed by atoms with van der Waals surface area (Å²) in [5, 5.41) is 3.42. The Balaban J connectivity index is 1.93. The van der Waals surface area contributed by atoms with Crippen LogP contribution in [-0.2, 0) is 6.54 Å². The fraction of sp³-hybridized carbons (Fsp3) is 0.273. The monoisotopic (exact) mass is 346 g/mol. The van der Waals surface area contributed by atoms with Crippen molar-refractivity contribution in [3.05, 3.63) is 78.0 Å². The normalized spacial score (nSPS) is 10.5. The number of unbranched alkanes of at least 4 members (excludes halogenated alkanes) is 1. The van der Waals surface area contributed by atoms with Crippen LogP contribution < -0.4 is 10.2 Å². The molecule has 0 saturated heterocycles. The van der Waals surface area contributed by atoms with E-state index in [0.29, 0.717) is 0 Å². The van der Waals surface area contributed by atoms with E-state index in [2.05, 4.69) is 53.5 Å². The summed E-state index contributed by atoms with van der Waals surface area (Å²) in [5.74, 6) is 1.61. The molecule has 0 aliphatic heterocycles. The maximum atomic E-state index is 4.78. The molecule has 0 aliphatic rings. The standard InChI is InChI=1S/C22H26N4/c1-3-4-15-23-21-16-18(2)24-22(25-21)26(20-13-9-6-10-14-20)17-19-11-7-5-8-12-19/h5-14,16H,3-4,15,17H2,1-2H3,(H,23,24,25). The Morgan fingerprint density at radius 3 is 2.31 bits per heavy atom. The van der Waals surface area contributed by atoms with Gasteiger partial charge in [0.2, 0.25) is 5.95 Å². The Bertz CT molecular complexity index is 803. The van der Waals surface area contributed by atoms with E-state index in [4.69, 9.17) is 9.97 Å². The summed E-state index contributed by atoms with van der Waals surface area (Å²) in [6.45, 7) is 5.86. The zero-order valence-corrected chi connectivity index (χ0v) is 15.5. The van der Waals surface area contributed by atoms with E-state index in [1.54, 1.807) is 0 Å². The molecule has 0 bridgehead atoms. The van der Waals surface area contributed by atoms with E-state index in [1.807, 2.05) is 37.3 Å². The second-order valence-electron chi connectivity index (χ2n) is 6.38. The molecule has 134 valence electrons. The number of hydrogen-bond acceptors (Lipinski definition) is 4. The van der Waals surface area contributed by atoms with Gasteiger partial charge in [0, 0.05) is 24.0 Å². The highest BCUT2D eigenvalue weighted by Gasteiger charge is 2.14. The molecule has 26 heavy (non-hydrogen) atoms. The molecule has 1 heterocycles. The molecule has 0 fully saturated rings. The number of hydrogen-bond donors (Lipinski definition) is 1. The Morgan fingerprint density at radius 1 is 0.923 bits per heavy atom. The summed E-state index contributed by atoms with van der Waals surface area (Å²) >= 11 is 0. The van der Waals surface area contributed by atoms with E-state index in [0.717, 1.165) is 49.1 Å². The van der Waals surface area contributed by atoms with E-state index < -0.39 is 0 Å². The number of aromatic nitrogens is 2. The van der Waals surface area contributed by atoms with Gasteiger partial charge in [-0.25, -0.2) is 4.98 Å². The minimum absolute atomic E-state index is 0.721. The van der Waals surface area contributed by atoms with E-state index in [-0.39, 0.29) is 0 Å². The Morgan fingerprint density at radius 2 is 1.62 bits per heavy atom. The van der Waals surface area contributed by atoms with Gasteiger partial charge in [-0.1, -0.05) is 61.9 Å². The van der Waals surface area contributed by atoms with Gasteiger partial charge >= 0.3 is 0 Å². The van der Waals surface area contributed by atoms with Crippen LogP contribution in [0.3, 0.4) is 0 Å². The van der Waals surface area contributed by atoms with Crippen LogP contribution in [0.4, 0.5) is 17.5 Å². The fourth-order valence-electron chi connectivity index (χ4n) is 2.81. The zero-order chi connectivity index (χ0) is 18.2. The Hall–Kier alpha value is -2.88. The highest BCUT2D eigenvalue weighted by atomic mass is 15.3. The summed E-state index contributed by atoms with van der Waals surface area (Å²) in [5.41, 5.74) is 3.27. The van der Waals surface area contributed by atoms with Gasteiger partial charge in [0.05, 0.1) is 6.54 Å². The van der Waals surface area contributed by atoms with Gasteiger partial charge in [-0.3, -0.25) is 0 Å². The molecule has 0 aliphatic carbocycles. The molecule has 0 unspecified atom stereocenters. The van der Waals surface area contributed by atoms with Crippen LogP contribution in [0.1, 0.15) is 31.0 Å². The van der Waals surface area contributed by atoms with Gasteiger partial charge < -0.3 is 10.2 Å². The van der Waals surface area contributed by atoms with Crippen molar-refractivity contribution in [1.82, 2.24) is 9.97 Å². The number of para-hydroxylation sites is 1. The number of benzene rings is 2. The first-order chi connectivity index (χ1) is 12.8. The number of rotatable bonds is 8. The van der Waals surface area contributed by atoms with Crippen molar-refractivity contribution in [1.29, 1.82) is 0 Å². The molecule has 0 atom stereocenters. The zero-order valence-electron chi connectivity index (χ0n) is 15.5.